The van der Waals surface area contributed by atoms with Gasteiger partial charge in [0.25, 0.3) is 0 Å². The number of hydrogen-bond acceptors (Lipinski definition) is 17. The lowest BCUT2D eigenvalue weighted by atomic mass is 10.0. The van der Waals surface area contributed by atoms with Crippen molar-refractivity contribution in [3.8, 4) is 23.3 Å². The Balaban J connectivity index is 0.000000284. The molecule has 0 unspecified atom stereocenters. The molecule has 0 spiro atoms. The van der Waals surface area contributed by atoms with E-state index in [1.54, 1.807) is 56.7 Å². The van der Waals surface area contributed by atoms with E-state index in [0.29, 0.717) is 132 Å². The highest BCUT2D eigenvalue weighted by molar-refractivity contribution is 14.1. The number of alkyl halides is 10. The first kappa shape index (κ1) is 78.3. The number of carbonyl (C=O) groups is 2. The van der Waals surface area contributed by atoms with Crippen LogP contribution in [0.15, 0.2) is 105 Å². The Hall–Kier alpha value is -8.35. The van der Waals surface area contributed by atoms with Gasteiger partial charge in [-0.1, -0.05) is 101 Å². The van der Waals surface area contributed by atoms with Crippen molar-refractivity contribution in [3.05, 3.63) is 136 Å². The molecule has 3 aromatic carbocycles. The van der Waals surface area contributed by atoms with Crippen molar-refractivity contribution in [1.82, 2.24) is 50.1 Å². The standard InChI is InChI=1S/C21H22ClF3N4O3.C19H21F3N4O3.C15H19F3N2O2.C5H5ClN2.C2H3N.CH3I/c1-3-5-14-16(8-7-15-18(14)32-28-19(15)21(23,24)25)31-11-4-10-29(2)20(30)27-17-9-6-13(22)12-26-17;1-3-5-13-15(7-6-14-16(13)29-24-17(14)19(20,21)22)28-11-4-9-25(2)18(27)26-10-8-23-12-26;1-3-5-10-12(21-9-4-8-19-2)7-6-11-13(10)22-20-14(11)15(16,17)18;6-4-1-2-5(7)8-3-4;1-2-3;1-2/h6-9,12H,3-5,10-11H2,1-2H3,(H,26,27,30);6-8,10,12H,3-5,9,11H2,1-2H3;6-7,19H,3-5,8-9H2,1-2H3;1-3H,(H2,7,8);1H3;1H3/i;;;;;1D. The van der Waals surface area contributed by atoms with Gasteiger partial charge in [-0.05, 0) is 118 Å². The van der Waals surface area contributed by atoms with Crippen LogP contribution in [-0.2, 0) is 37.8 Å². The number of nitrogen functional groups attached to an aromatic ring is 1. The number of anilines is 2. The molecular formula is C63H73Cl2F9IN13O8. The van der Waals surface area contributed by atoms with Gasteiger partial charge in [0.1, 0.15) is 35.2 Å². The minimum absolute atomic E-state index is 0.0153. The van der Waals surface area contributed by atoms with E-state index in [2.05, 4.69) is 41.1 Å². The fourth-order valence-corrected chi connectivity index (χ4v) is 9.03. The van der Waals surface area contributed by atoms with Gasteiger partial charge in [-0.2, -0.15) is 44.8 Å². The number of aromatic nitrogens is 7. The van der Waals surface area contributed by atoms with Crippen LogP contribution in [0.25, 0.3) is 32.9 Å². The van der Waals surface area contributed by atoms with Gasteiger partial charge in [-0.3, -0.25) is 9.88 Å². The molecule has 9 rings (SSSR count). The molecule has 6 heterocycles. The van der Waals surface area contributed by atoms with Gasteiger partial charge in [0.2, 0.25) is 0 Å². The third kappa shape index (κ3) is 24.1. The summed E-state index contributed by atoms with van der Waals surface area (Å²) in [5.41, 5.74) is 4.31. The molecule has 33 heteroatoms. The summed E-state index contributed by atoms with van der Waals surface area (Å²) in [6.07, 6.45) is -0.654. The van der Waals surface area contributed by atoms with Gasteiger partial charge in [-0.25, -0.2) is 24.5 Å². The smallest absolute Gasteiger partial charge is 0.437 e. The number of nitrogens with zero attached hydrogens (tertiary/aromatic N) is 10. The monoisotopic (exact) mass is 1510 g/mol. The molecule has 0 atom stereocenters. The van der Waals surface area contributed by atoms with Crippen LogP contribution in [0.4, 0.5) is 60.7 Å². The Bertz CT molecular complexity index is 3860. The highest BCUT2D eigenvalue weighted by Crippen LogP contribution is 2.41. The van der Waals surface area contributed by atoms with Gasteiger partial charge < -0.3 is 48.6 Å². The van der Waals surface area contributed by atoms with Crippen LogP contribution in [0.2, 0.25) is 10.0 Å². The van der Waals surface area contributed by atoms with Crippen molar-refractivity contribution in [2.75, 3.05) is 76.6 Å². The van der Waals surface area contributed by atoms with Gasteiger partial charge in [0.05, 0.1) is 52.1 Å². The summed E-state index contributed by atoms with van der Waals surface area (Å²) in [4.78, 5) is 39.4. The number of ether oxygens (including phenoxy) is 3. The summed E-state index contributed by atoms with van der Waals surface area (Å²) in [7, 11) is 5.15. The maximum atomic E-state index is 13.1. The van der Waals surface area contributed by atoms with Crippen LogP contribution in [0.5, 0.6) is 17.2 Å². The highest BCUT2D eigenvalue weighted by atomic mass is 127. The van der Waals surface area contributed by atoms with Crippen LogP contribution in [0, 0.1) is 11.3 Å². The molecule has 9 aromatic rings. The van der Waals surface area contributed by atoms with E-state index in [4.69, 9.17) is 63.3 Å². The molecule has 3 amide bonds. The number of hydrogen-bond donors (Lipinski definition) is 3. The predicted octanol–water partition coefficient (Wildman–Crippen LogP) is 16.8. The molecule has 4 N–H and O–H groups in total. The molecule has 0 saturated carbocycles. The van der Waals surface area contributed by atoms with Gasteiger partial charge >= 0.3 is 30.6 Å². The van der Waals surface area contributed by atoms with Crippen molar-refractivity contribution in [2.45, 2.75) is 104 Å². The fraction of sp³-hybridized carbons (Fsp3) is 0.413. The van der Waals surface area contributed by atoms with Crippen LogP contribution < -0.4 is 30.6 Å². The largest absolute Gasteiger partial charge is 0.493 e. The Morgan fingerprint density at radius 2 is 1.06 bits per heavy atom. The van der Waals surface area contributed by atoms with E-state index >= 15 is 0 Å². The van der Waals surface area contributed by atoms with E-state index in [0.717, 1.165) is 19.4 Å². The number of aryl methyl sites for hydroxylation is 3. The molecule has 0 aliphatic rings. The Morgan fingerprint density at radius 3 is 1.40 bits per heavy atom. The minimum Gasteiger partial charge on any atom is -0.493 e. The van der Waals surface area contributed by atoms with E-state index in [1.165, 1.54) is 76.5 Å². The number of fused-ring (bicyclic) bond motifs is 3. The predicted molar refractivity (Wildman–Crippen MR) is 355 cm³/mol. The van der Waals surface area contributed by atoms with Crippen molar-refractivity contribution >= 4 is 102 Å². The number of imidazole rings is 1. The molecule has 6 aromatic heterocycles. The number of pyridine rings is 2. The lowest BCUT2D eigenvalue weighted by Gasteiger charge is -2.18. The topological polar surface area (TPSA) is 264 Å². The normalized spacial score (nSPS) is 11.2. The van der Waals surface area contributed by atoms with Crippen molar-refractivity contribution in [1.29, 1.82) is 5.26 Å². The summed E-state index contributed by atoms with van der Waals surface area (Å²) in [5, 5.41) is 23.5. The zero-order chi connectivity index (χ0) is 71.9. The average Bonchev–Trinajstić information content (AvgIpc) is 1.67. The van der Waals surface area contributed by atoms with Crippen molar-refractivity contribution in [2.24, 2.45) is 0 Å². The minimum atomic E-state index is -4.59. The second-order valence-electron chi connectivity index (χ2n) is 20.3. The fourth-order valence-electron chi connectivity index (χ4n) is 8.81. The van der Waals surface area contributed by atoms with Gasteiger partial charge in [0.15, 0.2) is 33.8 Å². The number of urea groups is 1. The summed E-state index contributed by atoms with van der Waals surface area (Å²) in [5.74, 6) is 2.35. The van der Waals surface area contributed by atoms with Crippen LogP contribution in [0.3, 0.4) is 0 Å². The number of rotatable bonds is 22. The number of nitriles is 1. The molecule has 522 valence electrons. The first-order chi connectivity index (χ1) is 46.1. The highest BCUT2D eigenvalue weighted by Gasteiger charge is 2.40. The number of nitrogens with two attached hydrogens (primary N) is 1. The third-order valence-electron chi connectivity index (χ3n) is 13.1. The van der Waals surface area contributed by atoms with Gasteiger partial charge in [-0.15, -0.1) is 0 Å². The molecule has 96 heavy (non-hydrogen) atoms. The number of carbonyl (C=O) groups excluding carboxylic acids is 2. The summed E-state index contributed by atoms with van der Waals surface area (Å²) >= 11 is 13.2. The average molecular weight is 1510 g/mol. The second kappa shape index (κ2) is 39.6. The number of halogens is 12. The molecule has 0 aliphatic carbocycles. The molecule has 0 saturated heterocycles. The van der Waals surface area contributed by atoms with Crippen molar-refractivity contribution in [3.63, 3.8) is 0 Å². The lowest BCUT2D eigenvalue weighted by molar-refractivity contribution is -0.142. The molecule has 0 bridgehead atoms. The Kier molecular flexibility index (Phi) is 32.3. The molecule has 0 aliphatic heterocycles. The Labute approximate surface area is 572 Å². The lowest BCUT2D eigenvalue weighted by Crippen LogP contribution is -2.33. The third-order valence-corrected chi connectivity index (χ3v) is 13.6. The van der Waals surface area contributed by atoms with E-state index in [-0.39, 0.29) is 51.6 Å². The summed E-state index contributed by atoms with van der Waals surface area (Å²) in [6.45, 7) is 9.91. The summed E-state index contributed by atoms with van der Waals surface area (Å²) < 4.78 is 157. The Morgan fingerprint density at radius 1 is 0.667 bits per heavy atom. The van der Waals surface area contributed by atoms with E-state index in [9.17, 15) is 49.1 Å². The molecule has 21 nitrogen and oxygen atoms in total. The quantitative estimate of drug-likeness (QED) is 0.0246. The maximum Gasteiger partial charge on any atom is 0.437 e. The molecular weight excluding hydrogens is 1440 g/mol. The molecule has 0 fully saturated rings. The van der Waals surface area contributed by atoms with Crippen LogP contribution in [-0.4, -0.2) is 122 Å². The number of nitrogens with one attached hydrogen (secondary N) is 2. The van der Waals surface area contributed by atoms with Crippen LogP contribution >= 0.6 is 45.8 Å². The summed E-state index contributed by atoms with van der Waals surface area (Å²) in [6, 6.07) is 16.3. The number of benzene rings is 3. The van der Waals surface area contributed by atoms with Gasteiger partial charge in [0, 0.05) is 77.0 Å². The zero-order valence-corrected chi connectivity index (χ0v) is 57.0. The number of amides is 3. The van der Waals surface area contributed by atoms with Crippen LogP contribution in [0.1, 0.15) is 101 Å². The zero-order valence-electron chi connectivity index (χ0n) is 54.3. The first-order valence-corrected chi connectivity index (χ1v) is 31.8. The van der Waals surface area contributed by atoms with E-state index in [1.807, 2.05) is 50.4 Å². The second-order valence-corrected chi connectivity index (χ2v) is 21.2. The van der Waals surface area contributed by atoms with E-state index < -0.39 is 35.6 Å². The molecule has 0 radical (unpaired) electrons. The SMILES string of the molecule is CC#N.CCCc1c(OCCCN(C)C(=O)Nc2ccc(Cl)cn2)ccc2c(C(F)(F)F)noc12.CCCc1c(OCCCN(C)C(=O)n2ccnc2)ccc2c(C(F)(F)F)noc12.CCCc1c(OCCCNC)ccc2c(C(F)(F)F)noc12.Nc1ccc(Cl)cn1.[2H]CI. The van der Waals surface area contributed by atoms with Crippen molar-refractivity contribution < 1.29 is 78.3 Å². The first-order valence-electron chi connectivity index (χ1n) is 30.2. The maximum absolute atomic E-state index is 13.1.